The van der Waals surface area contributed by atoms with E-state index in [0.29, 0.717) is 5.95 Å². The van der Waals surface area contributed by atoms with E-state index in [-0.39, 0.29) is 12.6 Å². The third kappa shape index (κ3) is 3.97. The number of aromatic nitrogens is 5. The molecule has 4 aromatic heterocycles. The van der Waals surface area contributed by atoms with E-state index < -0.39 is 0 Å². The van der Waals surface area contributed by atoms with Gasteiger partial charge in [-0.1, -0.05) is 0 Å². The molecule has 0 amide bonds. The largest absolute Gasteiger partial charge is 0.460 e. The Hall–Kier alpha value is -3.98. The molecule has 0 aliphatic heterocycles. The molecule has 5 aromatic rings. The van der Waals surface area contributed by atoms with Crippen molar-refractivity contribution in [2.75, 3.05) is 5.32 Å². The van der Waals surface area contributed by atoms with Crippen molar-refractivity contribution in [3.63, 3.8) is 0 Å². The number of carbonyl (C=O) groups excluding carboxylic acids is 1. The predicted octanol–water partition coefficient (Wildman–Crippen LogP) is 4.99. The van der Waals surface area contributed by atoms with E-state index in [1.807, 2.05) is 54.2 Å². The van der Waals surface area contributed by atoms with Crippen LogP contribution >= 0.6 is 11.3 Å². The number of aryl methyl sites for hydroxylation is 1. The van der Waals surface area contributed by atoms with Crippen molar-refractivity contribution in [3.05, 3.63) is 71.8 Å². The molecular formula is C23H20N6O2S. The number of anilines is 2. The van der Waals surface area contributed by atoms with Crippen molar-refractivity contribution in [1.82, 2.24) is 24.5 Å². The number of thiophene rings is 1. The van der Waals surface area contributed by atoms with Gasteiger partial charge >= 0.3 is 5.97 Å². The third-order valence-corrected chi connectivity index (χ3v) is 6.22. The van der Waals surface area contributed by atoms with Crippen LogP contribution < -0.4 is 5.32 Å². The van der Waals surface area contributed by atoms with E-state index >= 15 is 0 Å². The highest BCUT2D eigenvalue weighted by Gasteiger charge is 2.15. The van der Waals surface area contributed by atoms with E-state index in [2.05, 4.69) is 26.3 Å². The number of H-pyrrole nitrogens is 1. The lowest BCUT2D eigenvalue weighted by molar-refractivity contribution is -0.142. The summed E-state index contributed by atoms with van der Waals surface area (Å²) in [6, 6.07) is 12.0. The number of esters is 1. The number of ether oxygens (including phenoxy) is 1. The first-order chi connectivity index (χ1) is 15.6. The molecule has 0 radical (unpaired) electrons. The fourth-order valence-corrected chi connectivity index (χ4v) is 4.48. The Bertz CT molecular complexity index is 1390. The van der Waals surface area contributed by atoms with E-state index in [0.717, 1.165) is 43.4 Å². The van der Waals surface area contributed by atoms with Gasteiger partial charge < -0.3 is 19.6 Å². The molecule has 0 saturated heterocycles. The number of nitrogens with one attached hydrogen (secondary N) is 2. The Kier molecular flexibility index (Phi) is 5.16. The molecule has 1 aromatic carbocycles. The van der Waals surface area contributed by atoms with Crippen molar-refractivity contribution in [2.45, 2.75) is 20.5 Å². The molecule has 9 heteroatoms. The Balaban J connectivity index is 1.46. The van der Waals surface area contributed by atoms with Gasteiger partial charge in [0, 0.05) is 47.2 Å². The van der Waals surface area contributed by atoms with Gasteiger partial charge in [0.2, 0.25) is 5.95 Å². The van der Waals surface area contributed by atoms with Crippen LogP contribution in [0, 0.1) is 6.92 Å². The van der Waals surface area contributed by atoms with Crippen LogP contribution in [0.25, 0.3) is 27.3 Å². The molecular weight excluding hydrogens is 424 g/mol. The van der Waals surface area contributed by atoms with Gasteiger partial charge in [0.25, 0.3) is 0 Å². The molecule has 0 aliphatic carbocycles. The molecule has 5 rings (SSSR count). The molecule has 4 heterocycles. The summed E-state index contributed by atoms with van der Waals surface area (Å²) in [5.74, 6) is 0.206. The van der Waals surface area contributed by atoms with Crippen LogP contribution in [0.5, 0.6) is 0 Å². The summed E-state index contributed by atoms with van der Waals surface area (Å²) in [6.07, 6.45) is 7.26. The Labute approximate surface area is 187 Å². The molecule has 0 saturated carbocycles. The predicted molar refractivity (Wildman–Crippen MR) is 124 cm³/mol. The SMILES string of the molecule is CC(=O)OCc1sc(-c2nc(Nc3ccc(-n4ccnc4)cc3)nc3[nH]ccc23)cc1C. The number of fused-ring (bicyclic) bond motifs is 1. The average Bonchev–Trinajstić information content (AvgIpc) is 3.53. The van der Waals surface area contributed by atoms with Crippen molar-refractivity contribution >= 4 is 40.0 Å². The number of rotatable bonds is 6. The van der Waals surface area contributed by atoms with Gasteiger partial charge in [-0.3, -0.25) is 4.79 Å². The van der Waals surface area contributed by atoms with Crippen LogP contribution in [-0.2, 0) is 16.1 Å². The number of hydrogen-bond acceptors (Lipinski definition) is 7. The lowest BCUT2D eigenvalue weighted by atomic mass is 10.2. The zero-order valence-corrected chi connectivity index (χ0v) is 18.3. The van der Waals surface area contributed by atoms with Crippen molar-refractivity contribution < 1.29 is 9.53 Å². The number of hydrogen-bond donors (Lipinski definition) is 2. The molecule has 0 atom stereocenters. The summed E-state index contributed by atoms with van der Waals surface area (Å²) in [5.41, 5.74) is 4.54. The van der Waals surface area contributed by atoms with Crippen molar-refractivity contribution in [1.29, 1.82) is 0 Å². The van der Waals surface area contributed by atoms with Crippen LogP contribution in [0.1, 0.15) is 17.4 Å². The minimum atomic E-state index is -0.292. The third-order valence-electron chi connectivity index (χ3n) is 5.00. The minimum absolute atomic E-state index is 0.265. The van der Waals surface area contributed by atoms with Gasteiger partial charge in [0.05, 0.1) is 16.9 Å². The average molecular weight is 445 g/mol. The van der Waals surface area contributed by atoms with E-state index in [9.17, 15) is 4.79 Å². The van der Waals surface area contributed by atoms with E-state index in [1.54, 1.807) is 23.9 Å². The molecule has 0 aliphatic rings. The fraction of sp³-hybridized carbons (Fsp3) is 0.130. The lowest BCUT2D eigenvalue weighted by Crippen LogP contribution is -1.99. The number of aromatic amines is 1. The van der Waals surface area contributed by atoms with Crippen LogP contribution in [0.2, 0.25) is 0 Å². The summed E-state index contributed by atoms with van der Waals surface area (Å²) in [5, 5.41) is 4.23. The van der Waals surface area contributed by atoms with Gasteiger partial charge in [-0.05, 0) is 48.9 Å². The molecule has 0 bridgehead atoms. The van der Waals surface area contributed by atoms with Crippen LogP contribution in [0.4, 0.5) is 11.6 Å². The van der Waals surface area contributed by atoms with Crippen molar-refractivity contribution in [2.24, 2.45) is 0 Å². The molecule has 0 fully saturated rings. The zero-order chi connectivity index (χ0) is 22.1. The number of carbonyl (C=O) groups is 1. The zero-order valence-electron chi connectivity index (χ0n) is 17.5. The molecule has 0 unspecified atom stereocenters. The second-order valence-corrected chi connectivity index (χ2v) is 8.41. The maximum atomic E-state index is 11.2. The molecule has 160 valence electrons. The topological polar surface area (TPSA) is 97.7 Å². The van der Waals surface area contributed by atoms with Crippen molar-refractivity contribution in [3.8, 4) is 16.3 Å². The van der Waals surface area contributed by atoms with Gasteiger partial charge in [0.1, 0.15) is 12.3 Å². The van der Waals surface area contributed by atoms with Crippen LogP contribution in [-0.4, -0.2) is 30.5 Å². The first-order valence-corrected chi connectivity index (χ1v) is 10.8. The van der Waals surface area contributed by atoms with E-state index in [4.69, 9.17) is 9.72 Å². The summed E-state index contributed by atoms with van der Waals surface area (Å²) >= 11 is 1.57. The fourth-order valence-electron chi connectivity index (χ4n) is 3.39. The first-order valence-electron chi connectivity index (χ1n) is 10.0. The lowest BCUT2D eigenvalue weighted by Gasteiger charge is -2.09. The molecule has 8 nitrogen and oxygen atoms in total. The van der Waals surface area contributed by atoms with Gasteiger partial charge in [0.15, 0.2) is 0 Å². The molecule has 32 heavy (non-hydrogen) atoms. The number of nitrogens with zero attached hydrogens (tertiary/aromatic N) is 4. The van der Waals surface area contributed by atoms with Crippen LogP contribution in [0.3, 0.4) is 0 Å². The quantitative estimate of drug-likeness (QED) is 0.358. The normalized spacial score (nSPS) is 11.1. The summed E-state index contributed by atoms with van der Waals surface area (Å²) in [6.45, 7) is 3.69. The first kappa shape index (κ1) is 20.0. The van der Waals surface area contributed by atoms with Gasteiger partial charge in [-0.2, -0.15) is 4.98 Å². The highest BCUT2D eigenvalue weighted by atomic mass is 32.1. The Morgan fingerprint density at radius 1 is 1.22 bits per heavy atom. The number of benzene rings is 1. The monoisotopic (exact) mass is 444 g/mol. The maximum absolute atomic E-state index is 11.2. The highest BCUT2D eigenvalue weighted by molar-refractivity contribution is 7.15. The second kappa shape index (κ2) is 8.27. The molecule has 2 N–H and O–H groups in total. The Morgan fingerprint density at radius 3 is 2.81 bits per heavy atom. The maximum Gasteiger partial charge on any atom is 0.302 e. The van der Waals surface area contributed by atoms with Gasteiger partial charge in [-0.15, -0.1) is 11.3 Å². The summed E-state index contributed by atoms with van der Waals surface area (Å²) in [4.78, 5) is 29.9. The van der Waals surface area contributed by atoms with Crippen LogP contribution in [0.15, 0.2) is 61.3 Å². The second-order valence-electron chi connectivity index (χ2n) is 7.27. The minimum Gasteiger partial charge on any atom is -0.460 e. The standard InChI is InChI=1S/C23H20N6O2S/c1-14-11-19(32-20(14)12-31-15(2)30)21-18-7-8-25-22(18)28-23(27-21)26-16-3-5-17(6-4-16)29-10-9-24-13-29/h3-11,13H,12H2,1-2H3,(H2,25,26,27,28). The number of imidazole rings is 1. The Morgan fingerprint density at radius 2 is 2.06 bits per heavy atom. The summed E-state index contributed by atoms with van der Waals surface area (Å²) in [7, 11) is 0. The summed E-state index contributed by atoms with van der Waals surface area (Å²) < 4.78 is 7.12. The smallest absolute Gasteiger partial charge is 0.302 e. The molecule has 0 spiro atoms. The van der Waals surface area contributed by atoms with E-state index in [1.165, 1.54) is 6.92 Å². The highest BCUT2D eigenvalue weighted by Crippen LogP contribution is 2.35. The van der Waals surface area contributed by atoms with Gasteiger partial charge in [-0.25, -0.2) is 9.97 Å².